The van der Waals surface area contributed by atoms with Crippen molar-refractivity contribution in [3.63, 3.8) is 0 Å². The Kier molecular flexibility index (Phi) is 5.06. The standard InChI is InChI=1S/C17H27NO2/c1-5-9-19-15-8-6-7-14(10-15)16-11-18-12-17(4,20-16)13(2)3/h6-8,10,13,16,18H,5,9,11-12H2,1-4H3. The van der Waals surface area contributed by atoms with E-state index in [-0.39, 0.29) is 11.7 Å². The van der Waals surface area contributed by atoms with E-state index in [2.05, 4.69) is 45.1 Å². The molecule has 1 aliphatic heterocycles. The summed E-state index contributed by atoms with van der Waals surface area (Å²) in [5.74, 6) is 1.42. The van der Waals surface area contributed by atoms with Crippen molar-refractivity contribution in [2.75, 3.05) is 19.7 Å². The van der Waals surface area contributed by atoms with Crippen LogP contribution in [-0.2, 0) is 4.74 Å². The molecule has 3 nitrogen and oxygen atoms in total. The molecular formula is C17H27NO2. The van der Waals surface area contributed by atoms with Crippen LogP contribution in [0.5, 0.6) is 5.75 Å². The molecule has 1 aliphatic rings. The first kappa shape index (κ1) is 15.3. The maximum atomic E-state index is 6.36. The SMILES string of the molecule is CCCOc1cccc(C2CNCC(C)(C(C)C)O2)c1. The van der Waals surface area contributed by atoms with Crippen molar-refractivity contribution in [2.45, 2.75) is 45.8 Å². The summed E-state index contributed by atoms with van der Waals surface area (Å²) in [6.45, 7) is 11.3. The molecule has 0 aliphatic carbocycles. The van der Waals surface area contributed by atoms with Crippen LogP contribution in [0.2, 0.25) is 0 Å². The van der Waals surface area contributed by atoms with Crippen LogP contribution < -0.4 is 10.1 Å². The van der Waals surface area contributed by atoms with Crippen molar-refractivity contribution >= 4 is 0 Å². The van der Waals surface area contributed by atoms with E-state index in [0.717, 1.165) is 31.9 Å². The van der Waals surface area contributed by atoms with E-state index in [9.17, 15) is 0 Å². The fourth-order valence-electron chi connectivity index (χ4n) is 2.41. The van der Waals surface area contributed by atoms with Crippen LogP contribution in [0, 0.1) is 5.92 Å². The lowest BCUT2D eigenvalue weighted by molar-refractivity contribution is -0.132. The van der Waals surface area contributed by atoms with Gasteiger partial charge in [0.2, 0.25) is 0 Å². The van der Waals surface area contributed by atoms with Crippen LogP contribution in [0.1, 0.15) is 45.8 Å². The highest BCUT2D eigenvalue weighted by atomic mass is 16.5. The van der Waals surface area contributed by atoms with Gasteiger partial charge in [-0.15, -0.1) is 0 Å². The van der Waals surface area contributed by atoms with Gasteiger partial charge in [0.1, 0.15) is 5.75 Å². The van der Waals surface area contributed by atoms with Crippen molar-refractivity contribution in [3.8, 4) is 5.75 Å². The number of hydrogen-bond donors (Lipinski definition) is 1. The highest BCUT2D eigenvalue weighted by Crippen LogP contribution is 2.33. The Hall–Kier alpha value is -1.06. The molecule has 0 saturated carbocycles. The largest absolute Gasteiger partial charge is 0.494 e. The normalized spacial score (nSPS) is 26.8. The van der Waals surface area contributed by atoms with Gasteiger partial charge in [0.15, 0.2) is 0 Å². The van der Waals surface area contributed by atoms with Gasteiger partial charge in [-0.25, -0.2) is 0 Å². The Morgan fingerprint density at radius 2 is 2.25 bits per heavy atom. The number of ether oxygens (including phenoxy) is 2. The molecule has 0 aromatic heterocycles. The van der Waals surface area contributed by atoms with Gasteiger partial charge >= 0.3 is 0 Å². The third-order valence-electron chi connectivity index (χ3n) is 4.14. The molecule has 1 aromatic rings. The van der Waals surface area contributed by atoms with Crippen LogP contribution in [0.25, 0.3) is 0 Å². The van der Waals surface area contributed by atoms with Crippen LogP contribution in [-0.4, -0.2) is 25.3 Å². The number of rotatable bonds is 5. The van der Waals surface area contributed by atoms with Crippen molar-refractivity contribution in [2.24, 2.45) is 5.92 Å². The summed E-state index contributed by atoms with van der Waals surface area (Å²) in [6, 6.07) is 8.29. The van der Waals surface area contributed by atoms with Gasteiger partial charge in [-0.3, -0.25) is 0 Å². The molecule has 0 amide bonds. The molecule has 20 heavy (non-hydrogen) atoms. The van der Waals surface area contributed by atoms with Crippen LogP contribution in [0.15, 0.2) is 24.3 Å². The van der Waals surface area contributed by atoms with E-state index in [1.807, 2.05) is 12.1 Å². The second-order valence-electron chi connectivity index (χ2n) is 6.13. The highest BCUT2D eigenvalue weighted by Gasteiger charge is 2.36. The van der Waals surface area contributed by atoms with Crippen molar-refractivity contribution in [1.82, 2.24) is 5.32 Å². The zero-order valence-electron chi connectivity index (χ0n) is 13.1. The minimum Gasteiger partial charge on any atom is -0.494 e. The second-order valence-corrected chi connectivity index (χ2v) is 6.13. The Balaban J connectivity index is 2.10. The summed E-state index contributed by atoms with van der Waals surface area (Å²) in [7, 11) is 0. The summed E-state index contributed by atoms with van der Waals surface area (Å²) in [6.07, 6.45) is 1.12. The molecule has 2 rings (SSSR count). The zero-order valence-corrected chi connectivity index (χ0v) is 13.1. The Morgan fingerprint density at radius 3 is 2.95 bits per heavy atom. The van der Waals surface area contributed by atoms with Gasteiger partial charge in [0.05, 0.1) is 18.3 Å². The zero-order chi connectivity index (χ0) is 14.6. The first-order valence-electron chi connectivity index (χ1n) is 7.66. The fourth-order valence-corrected chi connectivity index (χ4v) is 2.41. The van der Waals surface area contributed by atoms with Gasteiger partial charge in [-0.05, 0) is 37.0 Å². The lowest BCUT2D eigenvalue weighted by Crippen LogP contribution is -2.52. The first-order chi connectivity index (χ1) is 9.55. The molecular weight excluding hydrogens is 250 g/mol. The van der Waals surface area contributed by atoms with Gasteiger partial charge in [0.25, 0.3) is 0 Å². The third kappa shape index (κ3) is 3.53. The third-order valence-corrected chi connectivity index (χ3v) is 4.14. The lowest BCUT2D eigenvalue weighted by atomic mass is 9.90. The summed E-state index contributed by atoms with van der Waals surface area (Å²) >= 11 is 0. The summed E-state index contributed by atoms with van der Waals surface area (Å²) in [5.41, 5.74) is 1.08. The quantitative estimate of drug-likeness (QED) is 0.893. The number of nitrogens with one attached hydrogen (secondary N) is 1. The molecule has 0 spiro atoms. The maximum absolute atomic E-state index is 6.36. The van der Waals surface area contributed by atoms with Crippen LogP contribution >= 0.6 is 0 Å². The second kappa shape index (κ2) is 6.59. The molecule has 0 radical (unpaired) electrons. The molecule has 3 heteroatoms. The minimum absolute atomic E-state index is 0.0985. The molecule has 2 unspecified atom stereocenters. The molecule has 1 fully saturated rings. The Morgan fingerprint density at radius 1 is 1.45 bits per heavy atom. The van der Waals surface area contributed by atoms with E-state index in [1.165, 1.54) is 5.56 Å². The molecule has 1 N–H and O–H groups in total. The van der Waals surface area contributed by atoms with Gasteiger partial charge in [-0.2, -0.15) is 0 Å². The number of morpholine rings is 1. The van der Waals surface area contributed by atoms with Crippen molar-refractivity contribution < 1.29 is 9.47 Å². The Bertz CT molecular complexity index is 433. The molecule has 1 aromatic carbocycles. The molecule has 1 heterocycles. The summed E-state index contributed by atoms with van der Waals surface area (Å²) in [4.78, 5) is 0. The molecule has 0 bridgehead atoms. The average Bonchev–Trinajstić information content (AvgIpc) is 2.45. The Labute approximate surface area is 122 Å². The van der Waals surface area contributed by atoms with Crippen molar-refractivity contribution in [1.29, 1.82) is 0 Å². The smallest absolute Gasteiger partial charge is 0.119 e. The highest BCUT2D eigenvalue weighted by molar-refractivity contribution is 5.30. The van der Waals surface area contributed by atoms with Crippen LogP contribution in [0.3, 0.4) is 0 Å². The summed E-state index contributed by atoms with van der Waals surface area (Å²) in [5, 5.41) is 3.50. The average molecular weight is 277 g/mol. The van der Waals surface area contributed by atoms with E-state index in [0.29, 0.717) is 5.92 Å². The monoisotopic (exact) mass is 277 g/mol. The van der Waals surface area contributed by atoms with Gasteiger partial charge < -0.3 is 14.8 Å². The first-order valence-corrected chi connectivity index (χ1v) is 7.66. The maximum Gasteiger partial charge on any atom is 0.119 e. The van der Waals surface area contributed by atoms with E-state index < -0.39 is 0 Å². The minimum atomic E-state index is -0.108. The van der Waals surface area contributed by atoms with Gasteiger partial charge in [-0.1, -0.05) is 32.9 Å². The van der Waals surface area contributed by atoms with Crippen molar-refractivity contribution in [3.05, 3.63) is 29.8 Å². The van der Waals surface area contributed by atoms with E-state index in [4.69, 9.17) is 9.47 Å². The van der Waals surface area contributed by atoms with Crippen LogP contribution in [0.4, 0.5) is 0 Å². The lowest BCUT2D eigenvalue weighted by Gasteiger charge is -2.42. The predicted molar refractivity (Wildman–Crippen MR) is 82.2 cm³/mol. The predicted octanol–water partition coefficient (Wildman–Crippen LogP) is 3.55. The van der Waals surface area contributed by atoms with E-state index >= 15 is 0 Å². The van der Waals surface area contributed by atoms with Gasteiger partial charge in [0, 0.05) is 13.1 Å². The summed E-state index contributed by atoms with van der Waals surface area (Å²) < 4.78 is 12.1. The number of hydrogen-bond acceptors (Lipinski definition) is 3. The fraction of sp³-hybridized carbons (Fsp3) is 0.647. The molecule has 2 atom stereocenters. The molecule has 1 saturated heterocycles. The topological polar surface area (TPSA) is 30.5 Å². The van der Waals surface area contributed by atoms with E-state index in [1.54, 1.807) is 0 Å². The molecule has 112 valence electrons. The number of benzene rings is 1.